The van der Waals surface area contributed by atoms with Gasteiger partial charge >= 0.3 is 5.97 Å². The molecule has 0 radical (unpaired) electrons. The van der Waals surface area contributed by atoms with Gasteiger partial charge in [0.1, 0.15) is 0 Å². The van der Waals surface area contributed by atoms with E-state index in [1.807, 2.05) is 13.8 Å². The Bertz CT molecular complexity index is 282. The first-order valence-electron chi connectivity index (χ1n) is 6.62. The topological polar surface area (TPSA) is 78.9 Å². The fourth-order valence-corrected chi connectivity index (χ4v) is 1.53. The molecule has 0 aliphatic heterocycles. The molecular formula is C13H26N2O4. The molecule has 0 aromatic heterocycles. The van der Waals surface area contributed by atoms with Gasteiger partial charge in [0.25, 0.3) is 0 Å². The highest BCUT2D eigenvalue weighted by atomic mass is 16.5. The Morgan fingerprint density at radius 1 is 1.32 bits per heavy atom. The zero-order valence-corrected chi connectivity index (χ0v) is 12.3. The first-order valence-corrected chi connectivity index (χ1v) is 6.62. The molecule has 1 unspecified atom stereocenters. The van der Waals surface area contributed by atoms with Crippen LogP contribution in [0.15, 0.2) is 0 Å². The van der Waals surface area contributed by atoms with Gasteiger partial charge in [0.2, 0.25) is 5.91 Å². The van der Waals surface area contributed by atoms with Crippen molar-refractivity contribution in [2.24, 2.45) is 5.92 Å². The number of rotatable bonds is 10. The number of carbonyl (C=O) groups excluding carboxylic acids is 1. The van der Waals surface area contributed by atoms with E-state index in [0.717, 1.165) is 6.42 Å². The minimum Gasteiger partial charge on any atom is -0.481 e. The third-order valence-electron chi connectivity index (χ3n) is 2.52. The van der Waals surface area contributed by atoms with Crippen molar-refractivity contribution in [2.45, 2.75) is 33.3 Å². The van der Waals surface area contributed by atoms with Crippen molar-refractivity contribution in [3.63, 3.8) is 0 Å². The molecule has 1 amide bonds. The summed E-state index contributed by atoms with van der Waals surface area (Å²) in [5, 5.41) is 11.6. The van der Waals surface area contributed by atoms with Gasteiger partial charge in [-0.1, -0.05) is 6.92 Å². The molecule has 0 aromatic rings. The Morgan fingerprint density at radius 3 is 2.47 bits per heavy atom. The van der Waals surface area contributed by atoms with Gasteiger partial charge < -0.3 is 15.2 Å². The van der Waals surface area contributed by atoms with Gasteiger partial charge in [0, 0.05) is 19.7 Å². The third kappa shape index (κ3) is 10.5. The molecule has 112 valence electrons. The van der Waals surface area contributed by atoms with Crippen molar-refractivity contribution in [3.8, 4) is 0 Å². The second-order valence-electron chi connectivity index (χ2n) is 5.06. The van der Waals surface area contributed by atoms with Crippen molar-refractivity contribution in [1.82, 2.24) is 10.2 Å². The molecule has 2 N–H and O–H groups in total. The van der Waals surface area contributed by atoms with Crippen LogP contribution in [0.1, 0.15) is 27.2 Å². The summed E-state index contributed by atoms with van der Waals surface area (Å²) in [6.45, 7) is 7.34. The van der Waals surface area contributed by atoms with Gasteiger partial charge in [-0.2, -0.15) is 0 Å². The zero-order chi connectivity index (χ0) is 14.8. The number of aliphatic carboxylic acids is 1. The summed E-state index contributed by atoms with van der Waals surface area (Å²) in [5.41, 5.74) is 0. The van der Waals surface area contributed by atoms with Crippen molar-refractivity contribution < 1.29 is 19.4 Å². The van der Waals surface area contributed by atoms with Crippen LogP contribution in [0.3, 0.4) is 0 Å². The number of carbonyl (C=O) groups is 2. The van der Waals surface area contributed by atoms with Crippen molar-refractivity contribution in [3.05, 3.63) is 0 Å². The van der Waals surface area contributed by atoms with E-state index in [1.54, 1.807) is 18.9 Å². The number of amides is 1. The Morgan fingerprint density at radius 2 is 1.95 bits per heavy atom. The number of likely N-dealkylation sites (N-methyl/N-ethyl adjacent to an activating group) is 1. The molecule has 19 heavy (non-hydrogen) atoms. The smallest absolute Gasteiger partial charge is 0.307 e. The van der Waals surface area contributed by atoms with Crippen LogP contribution in [0.25, 0.3) is 0 Å². The molecule has 0 heterocycles. The van der Waals surface area contributed by atoms with Crippen LogP contribution >= 0.6 is 0 Å². The SMILES string of the molecule is CC(C)OCCCNC(=O)CN(C)CC(C)C(=O)O. The number of hydrogen-bond donors (Lipinski definition) is 2. The van der Waals surface area contributed by atoms with E-state index < -0.39 is 11.9 Å². The van der Waals surface area contributed by atoms with Crippen LogP contribution in [0, 0.1) is 5.92 Å². The molecule has 0 spiro atoms. The molecular weight excluding hydrogens is 248 g/mol. The van der Waals surface area contributed by atoms with Crippen LogP contribution in [-0.4, -0.2) is 61.3 Å². The summed E-state index contributed by atoms with van der Waals surface area (Å²) in [6.07, 6.45) is 0.985. The van der Waals surface area contributed by atoms with E-state index in [1.165, 1.54) is 0 Å². The number of carboxylic acids is 1. The van der Waals surface area contributed by atoms with Crippen molar-refractivity contribution in [2.75, 3.05) is 33.3 Å². The maximum Gasteiger partial charge on any atom is 0.307 e. The standard InChI is InChI=1S/C13H26N2O4/c1-10(2)19-7-5-6-14-12(16)9-15(4)8-11(3)13(17)18/h10-11H,5-9H2,1-4H3,(H,14,16)(H,17,18). The maximum atomic E-state index is 11.6. The average molecular weight is 274 g/mol. The lowest BCUT2D eigenvalue weighted by Crippen LogP contribution is -2.38. The minimum atomic E-state index is -0.849. The molecule has 0 aliphatic carbocycles. The summed E-state index contributed by atoms with van der Waals surface area (Å²) in [7, 11) is 1.74. The molecule has 6 nitrogen and oxygen atoms in total. The molecule has 0 rings (SSSR count). The summed E-state index contributed by atoms with van der Waals surface area (Å²) < 4.78 is 5.36. The Kier molecular flexibility index (Phi) is 9.16. The minimum absolute atomic E-state index is 0.0929. The summed E-state index contributed by atoms with van der Waals surface area (Å²) in [5.74, 6) is -1.42. The Hall–Kier alpha value is -1.14. The predicted octanol–water partition coefficient (Wildman–Crippen LogP) is 0.570. The van der Waals surface area contributed by atoms with Crippen LogP contribution in [0.5, 0.6) is 0 Å². The first-order chi connectivity index (χ1) is 8.82. The number of carboxylic acid groups (broad SMARTS) is 1. The summed E-state index contributed by atoms with van der Waals surface area (Å²) in [4.78, 5) is 23.9. The monoisotopic (exact) mass is 274 g/mol. The Labute approximate surface area is 115 Å². The number of nitrogens with one attached hydrogen (secondary N) is 1. The fourth-order valence-electron chi connectivity index (χ4n) is 1.53. The van der Waals surface area contributed by atoms with E-state index >= 15 is 0 Å². The van der Waals surface area contributed by atoms with Gasteiger partial charge in [-0.25, -0.2) is 0 Å². The number of hydrogen-bond acceptors (Lipinski definition) is 4. The molecule has 0 aliphatic rings. The second kappa shape index (κ2) is 9.75. The largest absolute Gasteiger partial charge is 0.481 e. The van der Waals surface area contributed by atoms with Gasteiger partial charge in [-0.05, 0) is 27.3 Å². The highest BCUT2D eigenvalue weighted by molar-refractivity contribution is 5.78. The summed E-state index contributed by atoms with van der Waals surface area (Å²) >= 11 is 0. The van der Waals surface area contributed by atoms with E-state index in [0.29, 0.717) is 19.7 Å². The quantitative estimate of drug-likeness (QED) is 0.569. The van der Waals surface area contributed by atoms with Gasteiger partial charge in [0.05, 0.1) is 18.6 Å². The van der Waals surface area contributed by atoms with E-state index in [9.17, 15) is 9.59 Å². The maximum absolute atomic E-state index is 11.6. The summed E-state index contributed by atoms with van der Waals surface area (Å²) in [6, 6.07) is 0. The molecule has 0 saturated carbocycles. The lowest BCUT2D eigenvalue weighted by molar-refractivity contribution is -0.142. The molecule has 0 bridgehead atoms. The molecule has 0 aromatic carbocycles. The number of ether oxygens (including phenoxy) is 1. The van der Waals surface area contributed by atoms with Gasteiger partial charge in [-0.15, -0.1) is 0 Å². The van der Waals surface area contributed by atoms with E-state index in [4.69, 9.17) is 9.84 Å². The van der Waals surface area contributed by atoms with Crippen LogP contribution < -0.4 is 5.32 Å². The Balaban J connectivity index is 3.65. The van der Waals surface area contributed by atoms with Crippen LogP contribution in [0.2, 0.25) is 0 Å². The average Bonchev–Trinajstić information content (AvgIpc) is 2.27. The highest BCUT2D eigenvalue weighted by Gasteiger charge is 2.15. The van der Waals surface area contributed by atoms with Crippen LogP contribution in [0.4, 0.5) is 0 Å². The molecule has 0 saturated heterocycles. The third-order valence-corrected chi connectivity index (χ3v) is 2.52. The molecule has 0 fully saturated rings. The van der Waals surface area contributed by atoms with Crippen molar-refractivity contribution >= 4 is 11.9 Å². The second-order valence-corrected chi connectivity index (χ2v) is 5.06. The fraction of sp³-hybridized carbons (Fsp3) is 0.846. The zero-order valence-electron chi connectivity index (χ0n) is 12.3. The predicted molar refractivity (Wildman–Crippen MR) is 73.0 cm³/mol. The first kappa shape index (κ1) is 17.9. The number of nitrogens with zero attached hydrogens (tertiary/aromatic N) is 1. The lowest BCUT2D eigenvalue weighted by Gasteiger charge is -2.18. The van der Waals surface area contributed by atoms with Gasteiger partial charge in [0.15, 0.2) is 0 Å². The van der Waals surface area contributed by atoms with Crippen LogP contribution in [-0.2, 0) is 14.3 Å². The lowest BCUT2D eigenvalue weighted by atomic mass is 10.2. The highest BCUT2D eigenvalue weighted by Crippen LogP contribution is 1.97. The normalized spacial score (nSPS) is 12.7. The van der Waals surface area contributed by atoms with E-state index in [2.05, 4.69) is 5.32 Å². The van der Waals surface area contributed by atoms with Gasteiger partial charge in [-0.3, -0.25) is 14.5 Å². The molecule has 6 heteroatoms. The molecule has 1 atom stereocenters. The van der Waals surface area contributed by atoms with E-state index in [-0.39, 0.29) is 18.6 Å². The van der Waals surface area contributed by atoms with Crippen molar-refractivity contribution in [1.29, 1.82) is 0 Å².